The lowest BCUT2D eigenvalue weighted by Gasteiger charge is -2.19. The Morgan fingerprint density at radius 3 is 2.38 bits per heavy atom. The monoisotopic (exact) mass is 285 g/mol. The zero-order chi connectivity index (χ0) is 14.7. The highest BCUT2D eigenvalue weighted by atomic mass is 19.1. The van der Waals surface area contributed by atoms with Crippen molar-refractivity contribution in [1.29, 1.82) is 0 Å². The molecule has 2 aromatic rings. The van der Waals surface area contributed by atoms with Crippen LogP contribution in [0.25, 0.3) is 0 Å². The number of rotatable bonds is 5. The predicted molar refractivity (Wildman–Crippen MR) is 77.4 cm³/mol. The molecule has 1 amide bonds. The lowest BCUT2D eigenvalue weighted by molar-refractivity contribution is -0.128. The van der Waals surface area contributed by atoms with Crippen LogP contribution < -0.4 is 10.1 Å². The Balaban J connectivity index is 1.80. The van der Waals surface area contributed by atoms with Crippen molar-refractivity contribution >= 4 is 5.91 Å². The van der Waals surface area contributed by atoms with Crippen molar-refractivity contribution in [3.05, 3.63) is 66.0 Å². The largest absolute Gasteiger partial charge is 0.476 e. The first-order valence-electron chi connectivity index (χ1n) is 7.00. The molecule has 1 aliphatic carbocycles. The molecule has 1 fully saturated rings. The maximum Gasteiger partial charge on any atom is 0.266 e. The molecule has 0 aromatic heterocycles. The van der Waals surface area contributed by atoms with Gasteiger partial charge in [-0.1, -0.05) is 30.3 Å². The van der Waals surface area contributed by atoms with E-state index in [0.29, 0.717) is 5.75 Å². The summed E-state index contributed by atoms with van der Waals surface area (Å²) in [5, 5.41) is 2.95. The molecule has 0 aliphatic heterocycles. The Bertz CT molecular complexity index is 608. The van der Waals surface area contributed by atoms with Crippen LogP contribution in [-0.4, -0.2) is 11.9 Å². The summed E-state index contributed by atoms with van der Waals surface area (Å²) in [6.07, 6.45) is 1.31. The van der Waals surface area contributed by atoms with E-state index < -0.39 is 6.10 Å². The topological polar surface area (TPSA) is 38.3 Å². The van der Waals surface area contributed by atoms with Gasteiger partial charge in [0.1, 0.15) is 11.6 Å². The highest BCUT2D eigenvalue weighted by Gasteiger charge is 2.29. The highest BCUT2D eigenvalue weighted by molar-refractivity contribution is 5.83. The SMILES string of the molecule is O=C(NC1CC1)[C@@H](Oc1ccc(F)cc1)c1ccccc1. The molecule has 0 bridgehead atoms. The fraction of sp³-hybridized carbons (Fsp3) is 0.235. The van der Waals surface area contributed by atoms with Crippen LogP contribution in [0.2, 0.25) is 0 Å². The van der Waals surface area contributed by atoms with Gasteiger partial charge in [-0.15, -0.1) is 0 Å². The second kappa shape index (κ2) is 5.95. The van der Waals surface area contributed by atoms with Gasteiger partial charge in [0, 0.05) is 11.6 Å². The number of benzene rings is 2. The number of hydrogen-bond donors (Lipinski definition) is 1. The summed E-state index contributed by atoms with van der Waals surface area (Å²) in [6, 6.07) is 15.2. The van der Waals surface area contributed by atoms with Crippen LogP contribution in [0, 0.1) is 5.82 Å². The van der Waals surface area contributed by atoms with E-state index in [-0.39, 0.29) is 17.8 Å². The second-order valence-corrected chi connectivity index (χ2v) is 5.15. The third-order valence-corrected chi connectivity index (χ3v) is 3.33. The molecule has 0 unspecified atom stereocenters. The minimum atomic E-state index is -0.725. The lowest BCUT2D eigenvalue weighted by atomic mass is 10.1. The normalized spacial score (nSPS) is 15.3. The van der Waals surface area contributed by atoms with E-state index >= 15 is 0 Å². The van der Waals surface area contributed by atoms with E-state index in [1.165, 1.54) is 24.3 Å². The quantitative estimate of drug-likeness (QED) is 0.916. The van der Waals surface area contributed by atoms with Gasteiger partial charge in [0.25, 0.3) is 5.91 Å². The maximum atomic E-state index is 13.0. The number of amides is 1. The lowest BCUT2D eigenvalue weighted by Crippen LogP contribution is -2.33. The van der Waals surface area contributed by atoms with Gasteiger partial charge < -0.3 is 10.1 Å². The molecule has 108 valence electrons. The predicted octanol–water partition coefficient (Wildman–Crippen LogP) is 3.22. The molecule has 0 radical (unpaired) electrons. The summed E-state index contributed by atoms with van der Waals surface area (Å²) in [5.74, 6) is -0.0229. The van der Waals surface area contributed by atoms with Crippen molar-refractivity contribution in [3.63, 3.8) is 0 Å². The fourth-order valence-electron chi connectivity index (χ4n) is 2.05. The standard InChI is InChI=1S/C17H16FNO2/c18-13-6-10-15(11-7-13)21-16(12-4-2-1-3-5-12)17(20)19-14-8-9-14/h1-7,10-11,14,16H,8-9H2,(H,19,20)/t16-/m0/s1. The van der Waals surface area contributed by atoms with Crippen LogP contribution in [0.4, 0.5) is 4.39 Å². The number of hydrogen-bond acceptors (Lipinski definition) is 2. The van der Waals surface area contributed by atoms with Gasteiger partial charge in [0.2, 0.25) is 6.10 Å². The zero-order valence-electron chi connectivity index (χ0n) is 11.5. The molecule has 1 N–H and O–H groups in total. The van der Waals surface area contributed by atoms with Gasteiger partial charge in [-0.25, -0.2) is 4.39 Å². The molecule has 0 saturated heterocycles. The van der Waals surface area contributed by atoms with Crippen LogP contribution in [0.15, 0.2) is 54.6 Å². The molecule has 0 heterocycles. The molecule has 1 aliphatic rings. The Hall–Kier alpha value is -2.36. The molecule has 3 nitrogen and oxygen atoms in total. The van der Waals surface area contributed by atoms with Gasteiger partial charge in [0.15, 0.2) is 0 Å². The Morgan fingerprint density at radius 1 is 1.10 bits per heavy atom. The summed E-state index contributed by atoms with van der Waals surface area (Å²) in [4.78, 5) is 12.4. The Kier molecular flexibility index (Phi) is 3.86. The van der Waals surface area contributed by atoms with E-state index in [0.717, 1.165) is 18.4 Å². The first kappa shape index (κ1) is 13.6. The number of carbonyl (C=O) groups excluding carboxylic acids is 1. The number of carbonyl (C=O) groups is 1. The van der Waals surface area contributed by atoms with E-state index in [4.69, 9.17) is 4.74 Å². The smallest absolute Gasteiger partial charge is 0.266 e. The molecule has 2 aromatic carbocycles. The van der Waals surface area contributed by atoms with Crippen molar-refractivity contribution in [2.45, 2.75) is 25.0 Å². The van der Waals surface area contributed by atoms with Gasteiger partial charge in [-0.3, -0.25) is 4.79 Å². The van der Waals surface area contributed by atoms with E-state index in [2.05, 4.69) is 5.32 Å². The molecular weight excluding hydrogens is 269 g/mol. The van der Waals surface area contributed by atoms with Gasteiger partial charge in [-0.05, 0) is 37.1 Å². The highest BCUT2D eigenvalue weighted by Crippen LogP contribution is 2.25. The summed E-state index contributed by atoms with van der Waals surface area (Å²) in [5.41, 5.74) is 0.778. The van der Waals surface area contributed by atoms with Gasteiger partial charge in [0.05, 0.1) is 0 Å². The van der Waals surface area contributed by atoms with Crippen molar-refractivity contribution < 1.29 is 13.9 Å². The van der Waals surface area contributed by atoms with Crippen molar-refractivity contribution in [2.24, 2.45) is 0 Å². The third-order valence-electron chi connectivity index (χ3n) is 3.33. The Labute approximate surface area is 122 Å². The summed E-state index contributed by atoms with van der Waals surface area (Å²) in [6.45, 7) is 0. The van der Waals surface area contributed by atoms with Crippen LogP contribution >= 0.6 is 0 Å². The molecule has 4 heteroatoms. The zero-order valence-corrected chi connectivity index (χ0v) is 11.5. The second-order valence-electron chi connectivity index (χ2n) is 5.15. The molecular formula is C17H16FNO2. The first-order valence-corrected chi connectivity index (χ1v) is 7.00. The maximum absolute atomic E-state index is 13.0. The van der Waals surface area contributed by atoms with Crippen LogP contribution in [0.1, 0.15) is 24.5 Å². The van der Waals surface area contributed by atoms with Gasteiger partial charge >= 0.3 is 0 Å². The molecule has 3 rings (SSSR count). The fourth-order valence-corrected chi connectivity index (χ4v) is 2.05. The molecule has 1 atom stereocenters. The average Bonchev–Trinajstić information content (AvgIpc) is 3.31. The number of halogens is 1. The molecule has 1 saturated carbocycles. The van der Waals surface area contributed by atoms with E-state index in [9.17, 15) is 9.18 Å². The molecule has 0 spiro atoms. The molecule has 21 heavy (non-hydrogen) atoms. The average molecular weight is 285 g/mol. The summed E-state index contributed by atoms with van der Waals surface area (Å²) < 4.78 is 18.7. The van der Waals surface area contributed by atoms with Crippen molar-refractivity contribution in [3.8, 4) is 5.75 Å². The van der Waals surface area contributed by atoms with Gasteiger partial charge in [-0.2, -0.15) is 0 Å². The summed E-state index contributed by atoms with van der Waals surface area (Å²) >= 11 is 0. The minimum Gasteiger partial charge on any atom is -0.476 e. The van der Waals surface area contributed by atoms with E-state index in [1.807, 2.05) is 30.3 Å². The van der Waals surface area contributed by atoms with Crippen LogP contribution in [0.5, 0.6) is 5.75 Å². The minimum absolute atomic E-state index is 0.159. The van der Waals surface area contributed by atoms with Crippen molar-refractivity contribution in [2.75, 3.05) is 0 Å². The number of ether oxygens (including phenoxy) is 1. The van der Waals surface area contributed by atoms with E-state index in [1.54, 1.807) is 0 Å². The van der Waals surface area contributed by atoms with Crippen LogP contribution in [0.3, 0.4) is 0 Å². The Morgan fingerprint density at radius 2 is 1.76 bits per heavy atom. The first-order chi connectivity index (χ1) is 10.2. The third kappa shape index (κ3) is 3.60. The van der Waals surface area contributed by atoms with Crippen molar-refractivity contribution in [1.82, 2.24) is 5.32 Å². The number of nitrogens with one attached hydrogen (secondary N) is 1. The summed E-state index contributed by atoms with van der Waals surface area (Å²) in [7, 11) is 0. The van der Waals surface area contributed by atoms with Crippen LogP contribution in [-0.2, 0) is 4.79 Å².